The van der Waals surface area contributed by atoms with Gasteiger partial charge < -0.3 is 33.5 Å². The summed E-state index contributed by atoms with van der Waals surface area (Å²) in [4.78, 5) is 67.2. The van der Waals surface area contributed by atoms with Gasteiger partial charge in [0.05, 0.1) is 26.4 Å². The Labute approximate surface area is 261 Å². The van der Waals surface area contributed by atoms with Crippen molar-refractivity contribution in [1.29, 1.82) is 0 Å². The van der Waals surface area contributed by atoms with Crippen LogP contribution in [0.1, 0.15) is 96.4 Å². The number of ether oxygens (including phenoxy) is 6. The first-order valence-electron chi connectivity index (χ1n) is 14.4. The predicted molar refractivity (Wildman–Crippen MR) is 162 cm³/mol. The van der Waals surface area contributed by atoms with E-state index in [4.69, 9.17) is 33.5 Å². The molecule has 0 rings (SSSR count). The van der Waals surface area contributed by atoms with Gasteiger partial charge in [-0.3, -0.25) is 14.4 Å². The Kier molecular flexibility index (Phi) is 22.1. The van der Waals surface area contributed by atoms with Crippen molar-refractivity contribution in [3.63, 3.8) is 0 Å². The average Bonchev–Trinajstić information content (AvgIpc) is 2.90. The van der Waals surface area contributed by atoms with E-state index in [1.165, 1.54) is 48.5 Å². The van der Waals surface area contributed by atoms with Crippen molar-refractivity contribution >= 4 is 35.3 Å². The number of aliphatic hydroxyl groups is 1. The summed E-state index contributed by atoms with van der Waals surface area (Å²) in [5, 5.41) is 8.87. The van der Waals surface area contributed by atoms with E-state index in [1.54, 1.807) is 34.6 Å². The first-order valence-corrected chi connectivity index (χ1v) is 14.4. The lowest BCUT2D eigenvalue weighted by Gasteiger charge is -2.27. The normalized spacial score (nSPS) is 12.5. The van der Waals surface area contributed by atoms with Crippen LogP contribution in [0.2, 0.25) is 0 Å². The summed E-state index contributed by atoms with van der Waals surface area (Å²) >= 11 is 0. The van der Waals surface area contributed by atoms with E-state index in [0.29, 0.717) is 13.0 Å². The Hall–Kier alpha value is -3.16. The molecule has 1 N–H and O–H groups in total. The first-order chi connectivity index (χ1) is 20.0. The molecule has 13 heteroatoms. The van der Waals surface area contributed by atoms with Crippen molar-refractivity contribution in [3.8, 4) is 0 Å². The molecule has 256 valence electrons. The smallest absolute Gasteiger partial charge is 0.349 e. The van der Waals surface area contributed by atoms with Gasteiger partial charge in [-0.1, -0.05) is 13.5 Å². The number of hydrogen-bond donors (Lipinski definition) is 1. The third-order valence-corrected chi connectivity index (χ3v) is 5.39. The fourth-order valence-corrected chi connectivity index (χ4v) is 2.85. The molecular formula is C31H54O13. The highest BCUT2D eigenvalue weighted by atomic mass is 16.6. The lowest BCUT2D eigenvalue weighted by molar-refractivity contribution is -0.178. The summed E-state index contributed by atoms with van der Waals surface area (Å²) in [5.41, 5.74) is -3.46. The van der Waals surface area contributed by atoms with E-state index >= 15 is 0 Å². The molecule has 0 amide bonds. The molecule has 0 aromatic heterocycles. The Balaban J connectivity index is -0.000000574. The molecule has 0 aromatic rings. The van der Waals surface area contributed by atoms with Crippen LogP contribution in [0.25, 0.3) is 0 Å². The second-order valence-corrected chi connectivity index (χ2v) is 10.8. The molecule has 2 unspecified atom stereocenters. The third-order valence-electron chi connectivity index (χ3n) is 5.39. The fourth-order valence-electron chi connectivity index (χ4n) is 2.85. The Morgan fingerprint density at radius 1 is 0.614 bits per heavy atom. The topological polar surface area (TPSA) is 178 Å². The largest absolute Gasteiger partial charge is 0.473 e. The van der Waals surface area contributed by atoms with Gasteiger partial charge in [-0.05, 0) is 82.6 Å². The van der Waals surface area contributed by atoms with Gasteiger partial charge in [0.25, 0.3) is 0 Å². The minimum absolute atomic E-state index is 0.0388. The molecule has 0 aliphatic carbocycles. The van der Waals surface area contributed by atoms with Crippen molar-refractivity contribution in [3.05, 3.63) is 12.3 Å². The monoisotopic (exact) mass is 634 g/mol. The minimum atomic E-state index is -1.23. The van der Waals surface area contributed by atoms with Gasteiger partial charge in [-0.2, -0.15) is 0 Å². The summed E-state index contributed by atoms with van der Waals surface area (Å²) in [6, 6.07) is 0. The van der Waals surface area contributed by atoms with Gasteiger partial charge in [-0.25, -0.2) is 14.4 Å². The maximum absolute atomic E-state index is 11.5. The van der Waals surface area contributed by atoms with Crippen LogP contribution in [0.15, 0.2) is 12.3 Å². The SMILES string of the molecule is C=C(OC(C)(C)C(=O)OCC)C(C)=O.CCOC(=O)C(C)(C)OC(CC)C(C)=O.CCOC(=O)C(C)(C)OC(CO)C(C)=O. The van der Waals surface area contributed by atoms with E-state index < -0.39 is 53.5 Å². The summed E-state index contributed by atoms with van der Waals surface area (Å²) in [6.07, 6.45) is -0.966. The van der Waals surface area contributed by atoms with Crippen molar-refractivity contribution in [2.24, 2.45) is 0 Å². The molecule has 0 heterocycles. The Morgan fingerprint density at radius 2 is 0.932 bits per heavy atom. The van der Waals surface area contributed by atoms with Crippen molar-refractivity contribution in [1.82, 2.24) is 0 Å². The maximum Gasteiger partial charge on any atom is 0.349 e. The van der Waals surface area contributed by atoms with Gasteiger partial charge in [0.2, 0.25) is 0 Å². The summed E-state index contributed by atoms with van der Waals surface area (Å²) < 4.78 is 30.1. The second-order valence-electron chi connectivity index (χ2n) is 10.8. The number of carbonyl (C=O) groups is 6. The minimum Gasteiger partial charge on any atom is -0.473 e. The van der Waals surface area contributed by atoms with E-state index in [-0.39, 0.29) is 36.3 Å². The summed E-state index contributed by atoms with van der Waals surface area (Å²) in [7, 11) is 0. The second kappa shape index (κ2) is 21.5. The molecule has 0 aliphatic heterocycles. The highest BCUT2D eigenvalue weighted by Gasteiger charge is 2.35. The molecule has 13 nitrogen and oxygen atoms in total. The molecule has 2 atom stereocenters. The highest BCUT2D eigenvalue weighted by molar-refractivity contribution is 5.91. The van der Waals surface area contributed by atoms with E-state index in [2.05, 4.69) is 6.58 Å². The number of carbonyl (C=O) groups excluding carboxylic acids is 6. The number of ketones is 3. The van der Waals surface area contributed by atoms with Crippen LogP contribution in [0, 0.1) is 0 Å². The van der Waals surface area contributed by atoms with Crippen molar-refractivity contribution < 1.29 is 62.3 Å². The summed E-state index contributed by atoms with van der Waals surface area (Å²) in [6.45, 7) is 24.1. The number of aliphatic hydroxyl groups excluding tert-OH is 1. The number of esters is 3. The lowest BCUT2D eigenvalue weighted by atomic mass is 10.1. The number of hydrogen-bond acceptors (Lipinski definition) is 13. The van der Waals surface area contributed by atoms with Gasteiger partial charge in [0.15, 0.2) is 39.9 Å². The van der Waals surface area contributed by atoms with E-state index in [0.717, 1.165) is 0 Å². The zero-order chi connectivity index (χ0) is 35.5. The van der Waals surface area contributed by atoms with Gasteiger partial charge in [-0.15, -0.1) is 0 Å². The van der Waals surface area contributed by atoms with E-state index in [1.807, 2.05) is 6.92 Å². The van der Waals surface area contributed by atoms with Crippen LogP contribution >= 0.6 is 0 Å². The molecule has 0 spiro atoms. The first kappa shape index (κ1) is 45.3. The molecule has 0 saturated heterocycles. The fraction of sp³-hybridized carbons (Fsp3) is 0.742. The van der Waals surface area contributed by atoms with Crippen LogP contribution in [-0.4, -0.2) is 95.8 Å². The molecular weight excluding hydrogens is 580 g/mol. The standard InChI is InChI=1S/C11H20O4.C10H18O5.C10H16O4/c1-6-9(8(3)12)15-11(4,5)10(13)14-7-2;1-5-14-9(13)10(3,4)15-8(6-11)7(2)12;1-6-13-9(12)10(4,5)14-8(3)7(2)11/h9H,6-7H2,1-5H3;8,11H,5-6H2,1-4H3;3,6H2,1-2,4-5H3. The van der Waals surface area contributed by atoms with Crippen LogP contribution in [-0.2, 0) is 57.2 Å². The quantitative estimate of drug-likeness (QED) is 0.107. The van der Waals surface area contributed by atoms with Crippen molar-refractivity contribution in [2.45, 2.75) is 125 Å². The molecule has 0 bridgehead atoms. The number of Topliss-reactive ketones (excluding diaryl/α,β-unsaturated/α-hetero) is 3. The van der Waals surface area contributed by atoms with Gasteiger partial charge in [0.1, 0.15) is 12.2 Å². The number of rotatable bonds is 17. The van der Waals surface area contributed by atoms with Crippen molar-refractivity contribution in [2.75, 3.05) is 26.4 Å². The molecule has 0 aliphatic rings. The highest BCUT2D eigenvalue weighted by Crippen LogP contribution is 2.18. The average molecular weight is 635 g/mol. The zero-order valence-corrected chi connectivity index (χ0v) is 28.7. The maximum atomic E-state index is 11.5. The molecule has 0 aromatic carbocycles. The molecule has 0 saturated carbocycles. The van der Waals surface area contributed by atoms with Crippen LogP contribution in [0.5, 0.6) is 0 Å². The lowest BCUT2D eigenvalue weighted by Crippen LogP contribution is -2.43. The van der Waals surface area contributed by atoms with Crippen LogP contribution < -0.4 is 0 Å². The molecule has 44 heavy (non-hydrogen) atoms. The molecule has 0 radical (unpaired) electrons. The number of allylic oxidation sites excluding steroid dienone is 1. The van der Waals surface area contributed by atoms with Crippen LogP contribution in [0.4, 0.5) is 0 Å². The third kappa shape index (κ3) is 18.5. The predicted octanol–water partition coefficient (Wildman–Crippen LogP) is 3.45. The van der Waals surface area contributed by atoms with Gasteiger partial charge >= 0.3 is 17.9 Å². The molecule has 0 fully saturated rings. The van der Waals surface area contributed by atoms with Gasteiger partial charge in [0, 0.05) is 6.92 Å². The Bertz CT molecular complexity index is 914. The Morgan fingerprint density at radius 3 is 1.18 bits per heavy atom. The zero-order valence-electron chi connectivity index (χ0n) is 28.7. The van der Waals surface area contributed by atoms with Crippen LogP contribution in [0.3, 0.4) is 0 Å². The summed E-state index contributed by atoms with van der Waals surface area (Å²) in [5.74, 6) is -2.24. The van der Waals surface area contributed by atoms with E-state index in [9.17, 15) is 28.8 Å².